The van der Waals surface area contributed by atoms with Gasteiger partial charge in [0.05, 0.1) is 0 Å². The molecule has 4 heteroatoms. The van der Waals surface area contributed by atoms with Crippen LogP contribution in [0.15, 0.2) is 30.3 Å². The Bertz CT molecular complexity index is 584. The molecule has 2 bridgehead atoms. The van der Waals surface area contributed by atoms with Gasteiger partial charge in [-0.15, -0.1) is 0 Å². The van der Waals surface area contributed by atoms with E-state index in [0.29, 0.717) is 24.7 Å². The predicted molar refractivity (Wildman–Crippen MR) is 97.1 cm³/mol. The van der Waals surface area contributed by atoms with E-state index >= 15 is 0 Å². The van der Waals surface area contributed by atoms with Crippen LogP contribution in [0.4, 0.5) is 4.79 Å². The van der Waals surface area contributed by atoms with E-state index in [2.05, 4.69) is 13.8 Å². The molecule has 0 saturated carbocycles. The van der Waals surface area contributed by atoms with Gasteiger partial charge in [0.25, 0.3) is 0 Å². The highest BCUT2D eigenvalue weighted by Crippen LogP contribution is 2.38. The molecular formula is C21H29NO3. The molecule has 1 aromatic carbocycles. The van der Waals surface area contributed by atoms with E-state index in [1.807, 2.05) is 35.2 Å². The summed E-state index contributed by atoms with van der Waals surface area (Å²) in [5.74, 6) is 0.904. The fourth-order valence-corrected chi connectivity index (χ4v) is 4.31. The molecule has 25 heavy (non-hydrogen) atoms. The van der Waals surface area contributed by atoms with E-state index in [4.69, 9.17) is 4.74 Å². The topological polar surface area (TPSA) is 46.6 Å². The SMILES string of the molecule is CC(C)CC(=O)C1CC2CCCC(C1)N2C(=O)OCc1ccccc1. The van der Waals surface area contributed by atoms with Gasteiger partial charge in [0.2, 0.25) is 0 Å². The average Bonchev–Trinajstić information content (AvgIpc) is 2.58. The number of benzene rings is 1. The molecule has 3 rings (SSSR count). The minimum absolute atomic E-state index is 0.121. The third kappa shape index (κ3) is 4.42. The fourth-order valence-electron chi connectivity index (χ4n) is 4.31. The number of Topliss-reactive ketones (excluding diaryl/α,β-unsaturated/α-hetero) is 1. The Kier molecular flexibility index (Phi) is 5.77. The van der Waals surface area contributed by atoms with Crippen LogP contribution >= 0.6 is 0 Å². The number of hydrogen-bond acceptors (Lipinski definition) is 3. The molecule has 0 radical (unpaired) electrons. The molecule has 1 amide bonds. The van der Waals surface area contributed by atoms with E-state index in [1.165, 1.54) is 0 Å². The molecule has 0 spiro atoms. The average molecular weight is 343 g/mol. The normalized spacial score (nSPS) is 25.7. The zero-order chi connectivity index (χ0) is 17.8. The Hall–Kier alpha value is -1.84. The molecule has 0 N–H and O–H groups in total. The summed E-state index contributed by atoms with van der Waals surface area (Å²) >= 11 is 0. The van der Waals surface area contributed by atoms with Crippen molar-refractivity contribution < 1.29 is 14.3 Å². The number of rotatable bonds is 5. The summed E-state index contributed by atoms with van der Waals surface area (Å²) < 4.78 is 5.57. The van der Waals surface area contributed by atoms with Crippen LogP contribution in [0.5, 0.6) is 0 Å². The molecule has 136 valence electrons. The predicted octanol–water partition coefficient (Wildman–Crippen LogP) is 4.57. The van der Waals surface area contributed by atoms with Gasteiger partial charge < -0.3 is 9.64 Å². The van der Waals surface area contributed by atoms with Crippen molar-refractivity contribution in [2.45, 2.75) is 71.1 Å². The summed E-state index contributed by atoms with van der Waals surface area (Å²) in [4.78, 5) is 27.1. The molecule has 2 unspecified atom stereocenters. The summed E-state index contributed by atoms with van der Waals surface area (Å²) in [5, 5.41) is 0. The molecule has 2 heterocycles. The Balaban J connectivity index is 1.61. The third-order valence-electron chi connectivity index (χ3n) is 5.46. The fraction of sp³-hybridized carbons (Fsp3) is 0.619. The Morgan fingerprint density at radius 3 is 2.36 bits per heavy atom. The van der Waals surface area contributed by atoms with Crippen molar-refractivity contribution >= 4 is 11.9 Å². The molecule has 1 aromatic rings. The van der Waals surface area contributed by atoms with Gasteiger partial charge in [-0.3, -0.25) is 4.79 Å². The van der Waals surface area contributed by atoms with E-state index in [1.54, 1.807) is 0 Å². The Morgan fingerprint density at radius 1 is 1.12 bits per heavy atom. The van der Waals surface area contributed by atoms with Gasteiger partial charge >= 0.3 is 6.09 Å². The number of hydrogen-bond donors (Lipinski definition) is 0. The molecule has 4 nitrogen and oxygen atoms in total. The number of carbonyl (C=O) groups is 2. The second-order valence-electron chi connectivity index (χ2n) is 7.92. The second kappa shape index (κ2) is 8.03. The molecule has 2 fully saturated rings. The largest absolute Gasteiger partial charge is 0.445 e. The van der Waals surface area contributed by atoms with Crippen molar-refractivity contribution in [3.8, 4) is 0 Å². The Morgan fingerprint density at radius 2 is 1.76 bits per heavy atom. The lowest BCUT2D eigenvalue weighted by molar-refractivity contribution is -0.127. The van der Waals surface area contributed by atoms with Gasteiger partial charge in [-0.2, -0.15) is 0 Å². The lowest BCUT2D eigenvalue weighted by Gasteiger charge is -2.47. The molecule has 2 atom stereocenters. The maximum atomic E-state index is 12.7. The first-order chi connectivity index (χ1) is 12.0. The highest BCUT2D eigenvalue weighted by atomic mass is 16.6. The zero-order valence-electron chi connectivity index (χ0n) is 15.3. The third-order valence-corrected chi connectivity index (χ3v) is 5.46. The first-order valence-corrected chi connectivity index (χ1v) is 9.56. The molecule has 2 aliphatic rings. The lowest BCUT2D eigenvalue weighted by Crippen LogP contribution is -2.55. The van der Waals surface area contributed by atoms with Crippen LogP contribution in [-0.4, -0.2) is 28.9 Å². The van der Waals surface area contributed by atoms with Gasteiger partial charge in [0.15, 0.2) is 0 Å². The number of ether oxygens (including phenoxy) is 1. The maximum Gasteiger partial charge on any atom is 0.410 e. The summed E-state index contributed by atoms with van der Waals surface area (Å²) in [6, 6.07) is 10.1. The van der Waals surface area contributed by atoms with Crippen molar-refractivity contribution in [1.82, 2.24) is 4.90 Å². The van der Waals surface area contributed by atoms with Crippen LogP contribution in [0.1, 0.15) is 57.9 Å². The summed E-state index contributed by atoms with van der Waals surface area (Å²) in [6.07, 6.45) is 5.18. The van der Waals surface area contributed by atoms with Crippen LogP contribution in [0.3, 0.4) is 0 Å². The monoisotopic (exact) mass is 343 g/mol. The maximum absolute atomic E-state index is 12.7. The van der Waals surface area contributed by atoms with Gasteiger partial charge in [-0.1, -0.05) is 44.2 Å². The highest BCUT2D eigenvalue weighted by Gasteiger charge is 2.43. The van der Waals surface area contributed by atoms with Crippen LogP contribution in [-0.2, 0) is 16.1 Å². The van der Waals surface area contributed by atoms with E-state index in [9.17, 15) is 9.59 Å². The number of fused-ring (bicyclic) bond motifs is 2. The van der Waals surface area contributed by atoms with E-state index in [-0.39, 0.29) is 24.1 Å². The standard InChI is InChI=1S/C21H29NO3/c1-15(2)11-20(23)17-12-18-9-6-10-19(13-17)22(18)21(24)25-14-16-7-4-3-5-8-16/h3-5,7-8,15,17-19H,6,9-14H2,1-2H3. The van der Waals surface area contributed by atoms with Gasteiger partial charge in [-0.05, 0) is 43.6 Å². The smallest absolute Gasteiger partial charge is 0.410 e. The summed E-state index contributed by atoms with van der Waals surface area (Å²) in [7, 11) is 0. The van der Waals surface area contributed by atoms with Crippen molar-refractivity contribution in [2.75, 3.05) is 0 Å². The first-order valence-electron chi connectivity index (χ1n) is 9.56. The van der Waals surface area contributed by atoms with Gasteiger partial charge in [-0.25, -0.2) is 4.79 Å². The zero-order valence-corrected chi connectivity index (χ0v) is 15.3. The number of amides is 1. The molecule has 0 aromatic heterocycles. The lowest BCUT2D eigenvalue weighted by atomic mass is 9.76. The number of piperidine rings is 2. The number of nitrogens with zero attached hydrogens (tertiary/aromatic N) is 1. The van der Waals surface area contributed by atoms with Crippen molar-refractivity contribution in [1.29, 1.82) is 0 Å². The van der Waals surface area contributed by atoms with Crippen LogP contribution in [0.25, 0.3) is 0 Å². The highest BCUT2D eigenvalue weighted by molar-refractivity contribution is 5.82. The van der Waals surface area contributed by atoms with Crippen LogP contribution < -0.4 is 0 Å². The Labute approximate surface area is 150 Å². The summed E-state index contributed by atoms with van der Waals surface area (Å²) in [6.45, 7) is 4.49. The quantitative estimate of drug-likeness (QED) is 0.786. The minimum Gasteiger partial charge on any atom is -0.445 e. The van der Waals surface area contributed by atoms with E-state index < -0.39 is 0 Å². The van der Waals surface area contributed by atoms with E-state index in [0.717, 1.165) is 37.7 Å². The minimum atomic E-state index is -0.215. The molecular weight excluding hydrogens is 314 g/mol. The molecule has 0 aliphatic carbocycles. The molecule has 2 saturated heterocycles. The van der Waals surface area contributed by atoms with Crippen molar-refractivity contribution in [3.05, 3.63) is 35.9 Å². The number of carbonyl (C=O) groups excluding carboxylic acids is 2. The molecule has 2 aliphatic heterocycles. The number of ketones is 1. The first kappa shape index (κ1) is 18.0. The van der Waals surface area contributed by atoms with Crippen molar-refractivity contribution in [3.63, 3.8) is 0 Å². The second-order valence-corrected chi connectivity index (χ2v) is 7.92. The van der Waals surface area contributed by atoms with Gasteiger partial charge in [0.1, 0.15) is 12.4 Å². The van der Waals surface area contributed by atoms with Gasteiger partial charge in [0, 0.05) is 24.4 Å². The van der Waals surface area contributed by atoms with Crippen molar-refractivity contribution in [2.24, 2.45) is 11.8 Å². The van der Waals surface area contributed by atoms with Crippen LogP contribution in [0.2, 0.25) is 0 Å². The summed E-state index contributed by atoms with van der Waals surface area (Å²) in [5.41, 5.74) is 1.00. The van der Waals surface area contributed by atoms with Crippen LogP contribution in [0, 0.1) is 11.8 Å².